The number of para-hydroxylation sites is 2. The summed E-state index contributed by atoms with van der Waals surface area (Å²) in [5.74, 6) is 1.32. The van der Waals surface area contributed by atoms with Gasteiger partial charge in [0, 0.05) is 5.56 Å². The van der Waals surface area contributed by atoms with Crippen LogP contribution in [0.3, 0.4) is 0 Å². The smallest absolute Gasteiger partial charge is 0.265 e. The molecule has 3 aromatic rings. The van der Waals surface area contributed by atoms with Crippen molar-refractivity contribution in [2.75, 3.05) is 12.4 Å². The quantitative estimate of drug-likeness (QED) is 0.651. The molecule has 0 bridgehead atoms. The van der Waals surface area contributed by atoms with E-state index in [0.29, 0.717) is 22.9 Å². The van der Waals surface area contributed by atoms with E-state index in [9.17, 15) is 4.79 Å². The third-order valence-corrected chi connectivity index (χ3v) is 4.81. The van der Waals surface area contributed by atoms with Gasteiger partial charge in [-0.3, -0.25) is 4.79 Å². The van der Waals surface area contributed by atoms with Crippen molar-refractivity contribution in [3.63, 3.8) is 0 Å². The number of thiophene rings is 1. The molecule has 0 atom stereocenters. The second-order valence-corrected chi connectivity index (χ2v) is 7.00. The Morgan fingerprint density at radius 1 is 1.08 bits per heavy atom. The Bertz CT molecular complexity index is 897. The number of carbonyl (C=O) groups is 1. The third kappa shape index (κ3) is 4.43. The van der Waals surface area contributed by atoms with Crippen molar-refractivity contribution in [3.8, 4) is 11.5 Å². The van der Waals surface area contributed by atoms with Gasteiger partial charge >= 0.3 is 0 Å². The lowest BCUT2D eigenvalue weighted by Crippen LogP contribution is -2.11. The standard InChI is InChI=1S/C21H21NO3S/c1-14-8-15(2)10-17(9-14)25-12-16-11-20(26-13-16)21(23)22-18-6-4-5-7-19(18)24-3/h4-11,13H,12H2,1-3H3,(H,22,23). The van der Waals surface area contributed by atoms with Gasteiger partial charge in [-0.15, -0.1) is 11.3 Å². The zero-order valence-corrected chi connectivity index (χ0v) is 15.9. The summed E-state index contributed by atoms with van der Waals surface area (Å²) in [6.45, 7) is 4.52. The number of benzene rings is 2. The van der Waals surface area contributed by atoms with Crippen molar-refractivity contribution in [1.29, 1.82) is 0 Å². The molecule has 1 N–H and O–H groups in total. The average molecular weight is 367 g/mol. The number of ether oxygens (including phenoxy) is 2. The molecule has 5 heteroatoms. The van der Waals surface area contributed by atoms with E-state index in [2.05, 4.69) is 11.4 Å². The Balaban J connectivity index is 1.64. The van der Waals surface area contributed by atoms with Gasteiger partial charge in [0.05, 0.1) is 17.7 Å². The molecular weight excluding hydrogens is 346 g/mol. The first-order chi connectivity index (χ1) is 12.5. The predicted octanol–water partition coefficient (Wildman–Crippen LogP) is 5.20. The molecule has 0 saturated carbocycles. The van der Waals surface area contributed by atoms with E-state index in [1.807, 2.05) is 61.7 Å². The number of methoxy groups -OCH3 is 1. The Morgan fingerprint density at radius 3 is 2.54 bits per heavy atom. The summed E-state index contributed by atoms with van der Waals surface area (Å²) < 4.78 is 11.1. The molecule has 0 spiro atoms. The van der Waals surface area contributed by atoms with Gasteiger partial charge in [0.15, 0.2) is 0 Å². The van der Waals surface area contributed by atoms with E-state index in [0.717, 1.165) is 11.3 Å². The minimum Gasteiger partial charge on any atom is -0.495 e. The summed E-state index contributed by atoms with van der Waals surface area (Å²) in [5.41, 5.74) is 3.96. The molecule has 0 radical (unpaired) electrons. The van der Waals surface area contributed by atoms with Crippen LogP contribution in [-0.4, -0.2) is 13.0 Å². The first kappa shape index (κ1) is 18.0. The molecule has 4 nitrogen and oxygen atoms in total. The molecular formula is C21H21NO3S. The van der Waals surface area contributed by atoms with E-state index < -0.39 is 0 Å². The van der Waals surface area contributed by atoms with E-state index >= 15 is 0 Å². The molecule has 1 amide bonds. The lowest BCUT2D eigenvalue weighted by molar-refractivity contribution is 0.103. The van der Waals surface area contributed by atoms with Crippen LogP contribution >= 0.6 is 11.3 Å². The van der Waals surface area contributed by atoms with Crippen LogP contribution in [0.15, 0.2) is 53.9 Å². The molecule has 0 unspecified atom stereocenters. The second kappa shape index (κ2) is 8.06. The van der Waals surface area contributed by atoms with E-state index in [1.54, 1.807) is 7.11 Å². The van der Waals surface area contributed by atoms with Crippen LogP contribution in [0.5, 0.6) is 11.5 Å². The van der Waals surface area contributed by atoms with Gasteiger partial charge in [-0.05, 0) is 60.7 Å². The molecule has 3 rings (SSSR count). The van der Waals surface area contributed by atoms with Crippen molar-refractivity contribution >= 4 is 22.9 Å². The highest BCUT2D eigenvalue weighted by atomic mass is 32.1. The summed E-state index contributed by atoms with van der Waals surface area (Å²) in [7, 11) is 1.58. The maximum Gasteiger partial charge on any atom is 0.265 e. The number of nitrogens with one attached hydrogen (secondary N) is 1. The first-order valence-electron chi connectivity index (χ1n) is 8.28. The monoisotopic (exact) mass is 367 g/mol. The molecule has 1 heterocycles. The maximum absolute atomic E-state index is 12.5. The zero-order valence-electron chi connectivity index (χ0n) is 15.0. The number of hydrogen-bond acceptors (Lipinski definition) is 4. The highest BCUT2D eigenvalue weighted by Crippen LogP contribution is 2.25. The molecule has 26 heavy (non-hydrogen) atoms. The van der Waals surface area contributed by atoms with Crippen LogP contribution in [0.2, 0.25) is 0 Å². The van der Waals surface area contributed by atoms with Gasteiger partial charge in [-0.2, -0.15) is 0 Å². The van der Waals surface area contributed by atoms with Gasteiger partial charge in [0.2, 0.25) is 0 Å². The minimum atomic E-state index is -0.155. The predicted molar refractivity (Wildman–Crippen MR) is 106 cm³/mol. The minimum absolute atomic E-state index is 0.155. The van der Waals surface area contributed by atoms with Crippen molar-refractivity contribution in [2.24, 2.45) is 0 Å². The van der Waals surface area contributed by atoms with E-state index in [-0.39, 0.29) is 5.91 Å². The maximum atomic E-state index is 12.5. The SMILES string of the molecule is COc1ccccc1NC(=O)c1cc(COc2cc(C)cc(C)c2)cs1. The summed E-state index contributed by atoms with van der Waals surface area (Å²) in [4.78, 5) is 13.1. The van der Waals surface area contributed by atoms with E-state index in [1.165, 1.54) is 22.5 Å². The van der Waals surface area contributed by atoms with Crippen LogP contribution in [0, 0.1) is 13.8 Å². The van der Waals surface area contributed by atoms with Crippen molar-refractivity contribution < 1.29 is 14.3 Å². The second-order valence-electron chi connectivity index (χ2n) is 6.09. The van der Waals surface area contributed by atoms with Crippen LogP contribution in [0.4, 0.5) is 5.69 Å². The molecule has 2 aromatic carbocycles. The van der Waals surface area contributed by atoms with Crippen LogP contribution < -0.4 is 14.8 Å². The van der Waals surface area contributed by atoms with Crippen molar-refractivity contribution in [1.82, 2.24) is 0 Å². The molecule has 0 aliphatic rings. The Morgan fingerprint density at radius 2 is 1.81 bits per heavy atom. The summed E-state index contributed by atoms with van der Waals surface area (Å²) in [6, 6.07) is 15.3. The summed E-state index contributed by atoms with van der Waals surface area (Å²) >= 11 is 1.40. The largest absolute Gasteiger partial charge is 0.495 e. The summed E-state index contributed by atoms with van der Waals surface area (Å²) in [6.07, 6.45) is 0. The lowest BCUT2D eigenvalue weighted by Gasteiger charge is -2.08. The van der Waals surface area contributed by atoms with Crippen LogP contribution in [0.1, 0.15) is 26.4 Å². The number of amides is 1. The normalized spacial score (nSPS) is 10.4. The van der Waals surface area contributed by atoms with Gasteiger partial charge in [0.25, 0.3) is 5.91 Å². The molecule has 0 fully saturated rings. The van der Waals surface area contributed by atoms with Gasteiger partial charge < -0.3 is 14.8 Å². The number of hydrogen-bond donors (Lipinski definition) is 1. The Kier molecular flexibility index (Phi) is 5.58. The number of aryl methyl sites for hydroxylation is 2. The number of rotatable bonds is 6. The van der Waals surface area contributed by atoms with Crippen LogP contribution in [-0.2, 0) is 6.61 Å². The van der Waals surface area contributed by atoms with Gasteiger partial charge in [-0.25, -0.2) is 0 Å². The third-order valence-electron chi connectivity index (χ3n) is 3.83. The highest BCUT2D eigenvalue weighted by molar-refractivity contribution is 7.12. The number of carbonyl (C=O) groups excluding carboxylic acids is 1. The van der Waals surface area contributed by atoms with E-state index in [4.69, 9.17) is 9.47 Å². The fourth-order valence-electron chi connectivity index (χ4n) is 2.69. The zero-order chi connectivity index (χ0) is 18.5. The Hall–Kier alpha value is -2.79. The fourth-order valence-corrected chi connectivity index (χ4v) is 3.48. The number of anilines is 1. The summed E-state index contributed by atoms with van der Waals surface area (Å²) in [5, 5.41) is 4.83. The molecule has 1 aromatic heterocycles. The first-order valence-corrected chi connectivity index (χ1v) is 9.16. The molecule has 0 aliphatic heterocycles. The fraction of sp³-hybridized carbons (Fsp3) is 0.190. The van der Waals surface area contributed by atoms with Gasteiger partial charge in [-0.1, -0.05) is 18.2 Å². The molecule has 0 saturated heterocycles. The van der Waals surface area contributed by atoms with Crippen molar-refractivity contribution in [3.05, 3.63) is 75.5 Å². The average Bonchev–Trinajstić information content (AvgIpc) is 3.09. The lowest BCUT2D eigenvalue weighted by atomic mass is 10.1. The topological polar surface area (TPSA) is 47.6 Å². The highest BCUT2D eigenvalue weighted by Gasteiger charge is 2.12. The van der Waals surface area contributed by atoms with Crippen LogP contribution in [0.25, 0.3) is 0 Å². The Labute approximate surface area is 157 Å². The molecule has 134 valence electrons. The van der Waals surface area contributed by atoms with Gasteiger partial charge in [0.1, 0.15) is 18.1 Å². The molecule has 0 aliphatic carbocycles. The van der Waals surface area contributed by atoms with Crippen molar-refractivity contribution in [2.45, 2.75) is 20.5 Å².